The molecule has 0 spiro atoms. The zero-order chi connectivity index (χ0) is 24.5. The van der Waals surface area contributed by atoms with Gasteiger partial charge in [0, 0.05) is 17.9 Å². The fraction of sp³-hybridized carbons (Fsp3) is 0.625. The summed E-state index contributed by atoms with van der Waals surface area (Å²) in [5, 5.41) is 10.1. The molecule has 1 aliphatic carbocycles. The highest BCUT2D eigenvalue weighted by Crippen LogP contribution is 2.42. The Hall–Kier alpha value is -2.77. The van der Waals surface area contributed by atoms with Gasteiger partial charge in [0.25, 0.3) is 0 Å². The largest absolute Gasteiger partial charge is 0.481 e. The molecule has 2 rings (SSSR count). The number of carbonyl (C=O) groups excluding carboxylic acids is 2. The second-order valence-electron chi connectivity index (χ2n) is 10.4. The van der Waals surface area contributed by atoms with Crippen LogP contribution in [0.5, 0.6) is 0 Å². The first-order valence-electron chi connectivity index (χ1n) is 10.9. The van der Waals surface area contributed by atoms with Gasteiger partial charge in [-0.15, -0.1) is 0 Å². The van der Waals surface area contributed by atoms with E-state index < -0.39 is 34.8 Å². The maximum Gasteiger partial charge on any atom is 0.419 e. The molecular weight excluding hydrogens is 412 g/mol. The molecule has 1 aromatic rings. The van der Waals surface area contributed by atoms with Crippen molar-refractivity contribution in [2.24, 2.45) is 5.41 Å². The van der Waals surface area contributed by atoms with Crippen molar-refractivity contribution in [1.29, 1.82) is 0 Å². The number of hydrogen-bond donors (Lipinski definition) is 1. The van der Waals surface area contributed by atoms with Crippen molar-refractivity contribution in [3.8, 4) is 0 Å². The number of aromatic nitrogens is 1. The Bertz CT molecular complexity index is 855. The minimum atomic E-state index is -1.21. The summed E-state index contributed by atoms with van der Waals surface area (Å²) < 4.78 is 12.8. The highest BCUT2D eigenvalue weighted by Gasteiger charge is 2.44. The van der Waals surface area contributed by atoms with Crippen LogP contribution in [0.3, 0.4) is 0 Å². The molecule has 1 aliphatic rings. The monoisotopic (exact) mass is 448 g/mol. The summed E-state index contributed by atoms with van der Waals surface area (Å²) in [5.74, 6) is -0.993. The number of amides is 2. The van der Waals surface area contributed by atoms with Gasteiger partial charge in [-0.2, -0.15) is 0 Å². The van der Waals surface area contributed by atoms with Crippen LogP contribution in [-0.2, 0) is 14.3 Å². The fourth-order valence-electron chi connectivity index (χ4n) is 3.84. The highest BCUT2D eigenvalue weighted by atomic mass is 16.6. The van der Waals surface area contributed by atoms with Crippen LogP contribution in [0.2, 0.25) is 0 Å². The van der Waals surface area contributed by atoms with Crippen molar-refractivity contribution in [3.63, 3.8) is 0 Å². The molecule has 1 aromatic heterocycles. The Morgan fingerprint density at radius 3 is 1.91 bits per heavy atom. The summed E-state index contributed by atoms with van der Waals surface area (Å²) in [4.78, 5) is 38.6. The number of ether oxygens (including phenoxy) is 2. The molecule has 0 radical (unpaired) electrons. The molecule has 178 valence electrons. The van der Waals surface area contributed by atoms with E-state index in [4.69, 9.17) is 9.47 Å². The van der Waals surface area contributed by atoms with Gasteiger partial charge in [-0.25, -0.2) is 14.5 Å². The van der Waals surface area contributed by atoms with Crippen molar-refractivity contribution in [2.75, 3.05) is 6.54 Å². The van der Waals surface area contributed by atoms with E-state index in [1.165, 1.54) is 0 Å². The molecule has 0 aromatic carbocycles. The minimum Gasteiger partial charge on any atom is -0.481 e. The van der Waals surface area contributed by atoms with Crippen molar-refractivity contribution >= 4 is 18.2 Å². The van der Waals surface area contributed by atoms with E-state index in [9.17, 15) is 19.5 Å². The quantitative estimate of drug-likeness (QED) is 0.619. The first kappa shape index (κ1) is 25.5. The molecule has 0 saturated heterocycles. The summed E-state index contributed by atoms with van der Waals surface area (Å²) in [6.45, 7) is 14.0. The zero-order valence-electron chi connectivity index (χ0n) is 20.4. The SMILES string of the molecule is Cc1ccc(C)n1[C@@H]1C=C[C@](CCN(C(=O)OC(C)(C)C)C(=O)OC(C)(C)C)(C(=O)O)C1. The lowest BCUT2D eigenvalue weighted by Gasteiger charge is -2.31. The average Bonchev–Trinajstić information content (AvgIpc) is 3.16. The summed E-state index contributed by atoms with van der Waals surface area (Å²) in [7, 11) is 0. The zero-order valence-corrected chi connectivity index (χ0v) is 20.4. The van der Waals surface area contributed by atoms with Crippen LogP contribution < -0.4 is 0 Å². The van der Waals surface area contributed by atoms with E-state index in [0.717, 1.165) is 16.3 Å². The molecule has 0 unspecified atom stereocenters. The topological polar surface area (TPSA) is 98.1 Å². The van der Waals surface area contributed by atoms with Crippen molar-refractivity contribution < 1.29 is 29.0 Å². The summed E-state index contributed by atoms with van der Waals surface area (Å²) in [5.41, 5.74) is -0.756. The molecule has 8 heteroatoms. The number of aliphatic carboxylic acids is 1. The summed E-state index contributed by atoms with van der Waals surface area (Å²) in [6.07, 6.45) is 2.23. The normalized spacial score (nSPS) is 20.8. The number of carboxylic acid groups (broad SMARTS) is 1. The van der Waals surface area contributed by atoms with Crippen LogP contribution in [-0.4, -0.2) is 50.5 Å². The number of aryl methyl sites for hydroxylation is 2. The smallest absolute Gasteiger partial charge is 0.419 e. The van der Waals surface area contributed by atoms with E-state index in [1.54, 1.807) is 47.6 Å². The number of allylic oxidation sites excluding steroid dienone is 1. The Morgan fingerprint density at radius 2 is 1.50 bits per heavy atom. The van der Waals surface area contributed by atoms with E-state index in [1.807, 2.05) is 32.1 Å². The molecule has 8 nitrogen and oxygen atoms in total. The molecule has 0 saturated carbocycles. The Balaban J connectivity index is 2.24. The van der Waals surface area contributed by atoms with Gasteiger partial charge in [0.2, 0.25) is 0 Å². The Labute approximate surface area is 190 Å². The maximum absolute atomic E-state index is 12.7. The lowest BCUT2D eigenvalue weighted by Crippen LogP contribution is -2.45. The lowest BCUT2D eigenvalue weighted by molar-refractivity contribution is -0.146. The van der Waals surface area contributed by atoms with Crippen LogP contribution in [0.25, 0.3) is 0 Å². The Kier molecular flexibility index (Phi) is 7.17. The maximum atomic E-state index is 12.7. The second kappa shape index (κ2) is 9.00. The standard InChI is InChI=1S/C24H36N2O6/c1-16-9-10-17(2)26(16)18-11-12-24(15-18,19(27)28)13-14-25(20(29)31-22(3,4)5)21(30)32-23(6,7)8/h9-12,18H,13-15H2,1-8H3,(H,27,28)/t18-,24-/m1/s1. The molecule has 2 amide bonds. The molecule has 0 bridgehead atoms. The van der Waals surface area contributed by atoms with Gasteiger partial charge in [-0.05, 0) is 80.4 Å². The van der Waals surface area contributed by atoms with Crippen molar-refractivity contribution in [1.82, 2.24) is 9.47 Å². The van der Waals surface area contributed by atoms with E-state index in [0.29, 0.717) is 6.42 Å². The van der Waals surface area contributed by atoms with Crippen molar-refractivity contribution in [3.05, 3.63) is 35.7 Å². The number of rotatable bonds is 5. The van der Waals surface area contributed by atoms with Gasteiger partial charge in [0.1, 0.15) is 11.2 Å². The number of imide groups is 1. The third kappa shape index (κ3) is 6.14. The van der Waals surface area contributed by atoms with Crippen molar-refractivity contribution in [2.45, 2.75) is 85.5 Å². The van der Waals surface area contributed by atoms with Gasteiger partial charge >= 0.3 is 18.2 Å². The average molecular weight is 449 g/mol. The van der Waals surface area contributed by atoms with Gasteiger partial charge in [-0.1, -0.05) is 12.2 Å². The van der Waals surface area contributed by atoms with E-state index in [2.05, 4.69) is 4.57 Å². The molecule has 32 heavy (non-hydrogen) atoms. The number of nitrogens with zero attached hydrogens (tertiary/aromatic N) is 2. The first-order valence-corrected chi connectivity index (χ1v) is 10.9. The molecule has 1 heterocycles. The second-order valence-corrected chi connectivity index (χ2v) is 10.4. The van der Waals surface area contributed by atoms with Crippen LogP contribution in [0.15, 0.2) is 24.3 Å². The minimum absolute atomic E-state index is 0.0488. The number of carboxylic acids is 1. The fourth-order valence-corrected chi connectivity index (χ4v) is 3.84. The summed E-state index contributed by atoms with van der Waals surface area (Å²) >= 11 is 0. The van der Waals surface area contributed by atoms with Gasteiger partial charge in [0.05, 0.1) is 11.5 Å². The molecule has 2 atom stereocenters. The third-order valence-electron chi connectivity index (χ3n) is 5.30. The highest BCUT2D eigenvalue weighted by molar-refractivity contribution is 5.88. The molecule has 0 fully saturated rings. The van der Waals surface area contributed by atoms with Gasteiger partial charge in [0.15, 0.2) is 0 Å². The van der Waals surface area contributed by atoms with Crippen LogP contribution in [0, 0.1) is 19.3 Å². The number of hydrogen-bond acceptors (Lipinski definition) is 5. The number of carbonyl (C=O) groups is 3. The van der Waals surface area contributed by atoms with E-state index >= 15 is 0 Å². The predicted molar refractivity (Wildman–Crippen MR) is 121 cm³/mol. The molecule has 1 N–H and O–H groups in total. The predicted octanol–water partition coefficient (Wildman–Crippen LogP) is 5.24. The molecule has 0 aliphatic heterocycles. The van der Waals surface area contributed by atoms with Gasteiger partial charge < -0.3 is 19.1 Å². The van der Waals surface area contributed by atoms with Crippen LogP contribution in [0.1, 0.15) is 71.8 Å². The Morgan fingerprint density at radius 1 is 1.03 bits per heavy atom. The third-order valence-corrected chi connectivity index (χ3v) is 5.30. The van der Waals surface area contributed by atoms with Crippen LogP contribution >= 0.6 is 0 Å². The van der Waals surface area contributed by atoms with Gasteiger partial charge in [-0.3, -0.25) is 4.79 Å². The van der Waals surface area contributed by atoms with E-state index in [-0.39, 0.29) is 19.0 Å². The first-order chi connectivity index (χ1) is 14.5. The van der Waals surface area contributed by atoms with Crippen LogP contribution in [0.4, 0.5) is 9.59 Å². The summed E-state index contributed by atoms with van der Waals surface area (Å²) in [6, 6.07) is 3.88. The lowest BCUT2D eigenvalue weighted by atomic mass is 9.83. The molecular formula is C24H36N2O6.